The zero-order valence-electron chi connectivity index (χ0n) is 16.1. The fourth-order valence-electron chi connectivity index (χ4n) is 2.85. The molecule has 0 spiro atoms. The van der Waals surface area contributed by atoms with Crippen molar-refractivity contribution >= 4 is 17.7 Å². The molecule has 0 saturated carbocycles. The number of hydrogen-bond acceptors (Lipinski definition) is 4. The SMILES string of the molecule is Cc1ccc([C@H](C)NC(=O)CSc2nncn2-c2ccccc2C)cc1C. The average Bonchev–Trinajstić information content (AvgIpc) is 3.11. The number of aryl methyl sites for hydroxylation is 3. The number of carbonyl (C=O) groups excluding carboxylic acids is 1. The maximum absolute atomic E-state index is 12.4. The highest BCUT2D eigenvalue weighted by Crippen LogP contribution is 2.22. The normalized spacial score (nSPS) is 12.0. The topological polar surface area (TPSA) is 59.8 Å². The van der Waals surface area contributed by atoms with E-state index in [-0.39, 0.29) is 11.9 Å². The highest BCUT2D eigenvalue weighted by Gasteiger charge is 2.14. The molecule has 0 aliphatic carbocycles. The predicted molar refractivity (Wildman–Crippen MR) is 109 cm³/mol. The lowest BCUT2D eigenvalue weighted by molar-refractivity contribution is -0.119. The number of thioether (sulfide) groups is 1. The first-order valence-corrected chi connectivity index (χ1v) is 9.89. The minimum absolute atomic E-state index is 0.0231. The number of hydrogen-bond donors (Lipinski definition) is 1. The van der Waals surface area contributed by atoms with Crippen LogP contribution < -0.4 is 5.32 Å². The van der Waals surface area contributed by atoms with E-state index < -0.39 is 0 Å². The summed E-state index contributed by atoms with van der Waals surface area (Å²) in [6.07, 6.45) is 1.68. The van der Waals surface area contributed by atoms with E-state index in [0.29, 0.717) is 10.9 Å². The standard InChI is InChI=1S/C21H24N4OS/c1-14-9-10-18(11-16(14)3)17(4)23-20(26)12-27-21-24-22-13-25(21)19-8-6-5-7-15(19)2/h5-11,13,17H,12H2,1-4H3,(H,23,26)/t17-/m0/s1. The Kier molecular flexibility index (Phi) is 5.96. The van der Waals surface area contributed by atoms with Crippen molar-refractivity contribution < 1.29 is 4.79 Å². The van der Waals surface area contributed by atoms with E-state index in [4.69, 9.17) is 0 Å². The number of aromatic nitrogens is 3. The van der Waals surface area contributed by atoms with Crippen molar-refractivity contribution in [3.05, 3.63) is 71.0 Å². The molecule has 0 bridgehead atoms. The fraction of sp³-hybridized carbons (Fsp3) is 0.286. The molecular weight excluding hydrogens is 356 g/mol. The molecule has 5 nitrogen and oxygen atoms in total. The lowest BCUT2D eigenvalue weighted by atomic mass is 10.0. The third kappa shape index (κ3) is 4.57. The summed E-state index contributed by atoms with van der Waals surface area (Å²) in [6.45, 7) is 8.22. The van der Waals surface area contributed by atoms with Gasteiger partial charge in [0, 0.05) is 0 Å². The Morgan fingerprint density at radius 3 is 2.63 bits per heavy atom. The largest absolute Gasteiger partial charge is 0.349 e. The molecule has 1 heterocycles. The number of para-hydroxylation sites is 1. The number of amides is 1. The van der Waals surface area contributed by atoms with Gasteiger partial charge >= 0.3 is 0 Å². The van der Waals surface area contributed by atoms with Gasteiger partial charge in [0.05, 0.1) is 17.5 Å². The molecule has 0 unspecified atom stereocenters. The van der Waals surface area contributed by atoms with E-state index in [2.05, 4.69) is 47.6 Å². The molecule has 1 aromatic heterocycles. The van der Waals surface area contributed by atoms with Gasteiger partial charge in [-0.2, -0.15) is 0 Å². The fourth-order valence-corrected chi connectivity index (χ4v) is 3.59. The maximum atomic E-state index is 12.4. The molecule has 1 N–H and O–H groups in total. The van der Waals surface area contributed by atoms with Crippen LogP contribution in [0, 0.1) is 20.8 Å². The Morgan fingerprint density at radius 1 is 1.11 bits per heavy atom. The minimum atomic E-state index is -0.0355. The minimum Gasteiger partial charge on any atom is -0.349 e. The van der Waals surface area contributed by atoms with E-state index >= 15 is 0 Å². The quantitative estimate of drug-likeness (QED) is 0.652. The number of nitrogens with one attached hydrogen (secondary N) is 1. The van der Waals surface area contributed by atoms with Crippen LogP contribution in [-0.2, 0) is 4.79 Å². The van der Waals surface area contributed by atoms with Crippen LogP contribution in [0.2, 0.25) is 0 Å². The van der Waals surface area contributed by atoms with Crippen LogP contribution >= 0.6 is 11.8 Å². The van der Waals surface area contributed by atoms with Gasteiger partial charge in [-0.1, -0.05) is 48.2 Å². The monoisotopic (exact) mass is 380 g/mol. The Balaban J connectivity index is 1.62. The van der Waals surface area contributed by atoms with Crippen LogP contribution in [0.5, 0.6) is 0 Å². The molecule has 0 saturated heterocycles. The van der Waals surface area contributed by atoms with Crippen molar-refractivity contribution in [3.8, 4) is 5.69 Å². The van der Waals surface area contributed by atoms with Gasteiger partial charge in [0.2, 0.25) is 5.91 Å². The molecule has 1 amide bonds. The van der Waals surface area contributed by atoms with Gasteiger partial charge in [0.25, 0.3) is 0 Å². The van der Waals surface area contributed by atoms with Gasteiger partial charge in [-0.3, -0.25) is 9.36 Å². The van der Waals surface area contributed by atoms with Gasteiger partial charge in [-0.15, -0.1) is 10.2 Å². The number of rotatable bonds is 6. The molecule has 140 valence electrons. The maximum Gasteiger partial charge on any atom is 0.230 e. The number of benzene rings is 2. The molecule has 3 aromatic rings. The van der Waals surface area contributed by atoms with Gasteiger partial charge in [0.1, 0.15) is 6.33 Å². The molecule has 27 heavy (non-hydrogen) atoms. The van der Waals surface area contributed by atoms with Crippen molar-refractivity contribution in [2.45, 2.75) is 38.9 Å². The second kappa shape index (κ2) is 8.39. The van der Waals surface area contributed by atoms with Crippen molar-refractivity contribution in [2.75, 3.05) is 5.75 Å². The average molecular weight is 381 g/mol. The molecule has 1 atom stereocenters. The highest BCUT2D eigenvalue weighted by atomic mass is 32.2. The second-order valence-electron chi connectivity index (χ2n) is 6.69. The van der Waals surface area contributed by atoms with Crippen LogP contribution in [0.1, 0.15) is 35.2 Å². The first-order chi connectivity index (χ1) is 13.0. The smallest absolute Gasteiger partial charge is 0.230 e. The van der Waals surface area contributed by atoms with Crippen molar-refractivity contribution in [3.63, 3.8) is 0 Å². The van der Waals surface area contributed by atoms with Crippen LogP contribution in [-0.4, -0.2) is 26.4 Å². The van der Waals surface area contributed by atoms with E-state index in [1.54, 1.807) is 6.33 Å². The summed E-state index contributed by atoms with van der Waals surface area (Å²) in [4.78, 5) is 12.4. The molecular formula is C21H24N4OS. The molecule has 6 heteroatoms. The van der Waals surface area contributed by atoms with Crippen molar-refractivity contribution in [1.82, 2.24) is 20.1 Å². The Morgan fingerprint density at radius 2 is 1.89 bits per heavy atom. The van der Waals surface area contributed by atoms with E-state index in [1.165, 1.54) is 22.9 Å². The molecule has 0 aliphatic heterocycles. The van der Waals surface area contributed by atoms with Crippen molar-refractivity contribution in [1.29, 1.82) is 0 Å². The van der Waals surface area contributed by atoms with E-state index in [9.17, 15) is 4.79 Å². The van der Waals surface area contributed by atoms with E-state index in [1.807, 2.05) is 42.7 Å². The Bertz CT molecular complexity index is 951. The molecule has 0 fully saturated rings. The molecule has 2 aromatic carbocycles. The Hall–Kier alpha value is -2.60. The van der Waals surface area contributed by atoms with Gasteiger partial charge < -0.3 is 5.32 Å². The summed E-state index contributed by atoms with van der Waals surface area (Å²) < 4.78 is 1.92. The van der Waals surface area contributed by atoms with Crippen LogP contribution in [0.15, 0.2) is 53.9 Å². The summed E-state index contributed by atoms with van der Waals surface area (Å²) in [5, 5.41) is 11.9. The summed E-state index contributed by atoms with van der Waals surface area (Å²) in [6, 6.07) is 14.3. The van der Waals surface area contributed by atoms with Gasteiger partial charge in [-0.25, -0.2) is 0 Å². The first kappa shape index (κ1) is 19.2. The summed E-state index contributed by atoms with van der Waals surface area (Å²) >= 11 is 1.39. The zero-order chi connectivity index (χ0) is 19.4. The van der Waals surface area contributed by atoms with Crippen LogP contribution in [0.4, 0.5) is 0 Å². The third-order valence-electron chi connectivity index (χ3n) is 4.63. The predicted octanol–water partition coefficient (Wildman–Crippen LogP) is 4.16. The zero-order valence-corrected chi connectivity index (χ0v) is 16.9. The lowest BCUT2D eigenvalue weighted by Crippen LogP contribution is -2.28. The van der Waals surface area contributed by atoms with Crippen molar-refractivity contribution in [2.24, 2.45) is 0 Å². The number of nitrogens with zero attached hydrogens (tertiary/aromatic N) is 3. The first-order valence-electron chi connectivity index (χ1n) is 8.91. The second-order valence-corrected chi connectivity index (χ2v) is 7.63. The highest BCUT2D eigenvalue weighted by molar-refractivity contribution is 7.99. The Labute approximate surface area is 164 Å². The van der Waals surface area contributed by atoms with Gasteiger partial charge in [0.15, 0.2) is 5.16 Å². The lowest BCUT2D eigenvalue weighted by Gasteiger charge is -2.15. The van der Waals surface area contributed by atoms with Crippen LogP contribution in [0.3, 0.4) is 0 Å². The number of carbonyl (C=O) groups is 1. The van der Waals surface area contributed by atoms with Crippen LogP contribution in [0.25, 0.3) is 5.69 Å². The molecule has 0 radical (unpaired) electrons. The third-order valence-corrected chi connectivity index (χ3v) is 5.58. The van der Waals surface area contributed by atoms with E-state index in [0.717, 1.165) is 16.8 Å². The van der Waals surface area contributed by atoms with Gasteiger partial charge in [-0.05, 0) is 56.0 Å². The molecule has 0 aliphatic rings. The summed E-state index contributed by atoms with van der Waals surface area (Å²) in [7, 11) is 0. The molecule has 3 rings (SSSR count). The summed E-state index contributed by atoms with van der Waals surface area (Å²) in [5.74, 6) is 0.268. The summed E-state index contributed by atoms with van der Waals surface area (Å²) in [5.41, 5.74) is 5.75.